The van der Waals surface area contributed by atoms with E-state index in [2.05, 4.69) is 47.5 Å². The fraction of sp³-hybridized carbons (Fsp3) is 0.517. The summed E-state index contributed by atoms with van der Waals surface area (Å²) in [5.41, 5.74) is 3.86. The van der Waals surface area contributed by atoms with Gasteiger partial charge in [-0.1, -0.05) is 44.2 Å². The smallest absolute Gasteiger partial charge is 0.256 e. The molecule has 0 bridgehead atoms. The first-order valence-corrected chi connectivity index (χ1v) is 13.1. The van der Waals surface area contributed by atoms with Gasteiger partial charge in [-0.15, -0.1) is 0 Å². The van der Waals surface area contributed by atoms with Crippen molar-refractivity contribution in [2.45, 2.75) is 58.8 Å². The molecule has 2 heterocycles. The second-order valence-corrected chi connectivity index (χ2v) is 10.1. The number of hydrogen-bond acceptors (Lipinski definition) is 3. The molecule has 2 aliphatic heterocycles. The van der Waals surface area contributed by atoms with Crippen LogP contribution in [0.3, 0.4) is 0 Å². The molecule has 0 spiro atoms. The second kappa shape index (κ2) is 11.5. The molecule has 5 nitrogen and oxygen atoms in total. The van der Waals surface area contributed by atoms with E-state index >= 15 is 0 Å². The van der Waals surface area contributed by atoms with E-state index in [0.29, 0.717) is 18.3 Å². The number of nitrogens with one attached hydrogen (secondary N) is 1. The molecule has 1 N–H and O–H groups in total. The zero-order chi connectivity index (χ0) is 23.9. The first-order valence-electron chi connectivity index (χ1n) is 13.1. The quantitative estimate of drug-likeness (QED) is 0.571. The predicted octanol–water partition coefficient (Wildman–Crippen LogP) is 5.76. The Hall–Kier alpha value is -2.82. The first-order chi connectivity index (χ1) is 16.5. The molecule has 182 valence electrons. The monoisotopic (exact) mass is 461 g/mol. The summed E-state index contributed by atoms with van der Waals surface area (Å²) in [6.07, 6.45) is 6.77. The van der Waals surface area contributed by atoms with E-state index in [4.69, 9.17) is 0 Å². The minimum atomic E-state index is 0.00201. The number of benzene rings is 2. The molecule has 2 aromatic rings. The van der Waals surface area contributed by atoms with Crippen LogP contribution in [0.25, 0.3) is 0 Å². The topological polar surface area (TPSA) is 52.7 Å². The lowest BCUT2D eigenvalue weighted by molar-refractivity contribution is -0.116. The van der Waals surface area contributed by atoms with E-state index < -0.39 is 0 Å². The summed E-state index contributed by atoms with van der Waals surface area (Å²) >= 11 is 0. The molecule has 4 rings (SSSR count). The molecule has 5 heteroatoms. The van der Waals surface area contributed by atoms with E-state index in [0.717, 1.165) is 81.6 Å². The first kappa shape index (κ1) is 24.3. The summed E-state index contributed by atoms with van der Waals surface area (Å²) in [4.78, 5) is 30.2. The highest BCUT2D eigenvalue weighted by atomic mass is 16.2. The van der Waals surface area contributed by atoms with Crippen molar-refractivity contribution < 1.29 is 9.59 Å². The Kier molecular flexibility index (Phi) is 8.25. The summed E-state index contributed by atoms with van der Waals surface area (Å²) in [7, 11) is 0. The summed E-state index contributed by atoms with van der Waals surface area (Å²) < 4.78 is 0. The molecule has 34 heavy (non-hydrogen) atoms. The Bertz CT molecular complexity index is 959. The van der Waals surface area contributed by atoms with Crippen LogP contribution < -0.4 is 10.2 Å². The Labute approximate surface area is 204 Å². The lowest BCUT2D eigenvalue weighted by atomic mass is 9.89. The number of rotatable bonds is 7. The van der Waals surface area contributed by atoms with E-state index in [1.54, 1.807) is 0 Å². The minimum absolute atomic E-state index is 0.00201. The van der Waals surface area contributed by atoms with E-state index in [1.807, 2.05) is 30.0 Å². The van der Waals surface area contributed by atoms with E-state index in [9.17, 15) is 9.59 Å². The van der Waals surface area contributed by atoms with Crippen molar-refractivity contribution in [1.29, 1.82) is 0 Å². The standard InChI is InChI=1S/C29H39N3O2/c1-3-7-28(33)30-25-10-11-27(26(21-25)29(34)32-16-12-22(2)13-17-32)31-18-14-24(15-19-31)20-23-8-5-4-6-9-23/h4-6,8-11,21-22,24H,3,7,12-20H2,1-2H3,(H,30,33). The largest absolute Gasteiger partial charge is 0.371 e. The van der Waals surface area contributed by atoms with Crippen molar-refractivity contribution in [2.75, 3.05) is 36.4 Å². The Balaban J connectivity index is 1.50. The van der Waals surface area contributed by atoms with Crippen LogP contribution in [0, 0.1) is 11.8 Å². The summed E-state index contributed by atoms with van der Waals surface area (Å²) in [5.74, 6) is 1.45. The highest BCUT2D eigenvalue weighted by Crippen LogP contribution is 2.32. The Morgan fingerprint density at radius 1 is 0.941 bits per heavy atom. The third kappa shape index (κ3) is 6.19. The van der Waals surface area contributed by atoms with Crippen LogP contribution in [0.2, 0.25) is 0 Å². The number of carbonyl (C=O) groups excluding carboxylic acids is 2. The summed E-state index contributed by atoms with van der Waals surface area (Å²) in [6, 6.07) is 16.6. The zero-order valence-electron chi connectivity index (χ0n) is 20.8. The van der Waals surface area contributed by atoms with Crippen molar-refractivity contribution in [3.05, 3.63) is 59.7 Å². The van der Waals surface area contributed by atoms with Crippen molar-refractivity contribution in [1.82, 2.24) is 4.90 Å². The molecular formula is C29H39N3O2. The zero-order valence-corrected chi connectivity index (χ0v) is 20.8. The molecule has 2 aromatic carbocycles. The van der Waals surface area contributed by atoms with Crippen molar-refractivity contribution in [3.63, 3.8) is 0 Å². The maximum Gasteiger partial charge on any atom is 0.256 e. The number of anilines is 2. The van der Waals surface area contributed by atoms with E-state index in [-0.39, 0.29) is 11.8 Å². The molecule has 0 unspecified atom stereocenters. The van der Waals surface area contributed by atoms with Crippen molar-refractivity contribution >= 4 is 23.2 Å². The molecule has 2 fully saturated rings. The van der Waals surface area contributed by atoms with Gasteiger partial charge < -0.3 is 15.1 Å². The lowest BCUT2D eigenvalue weighted by Crippen LogP contribution is -2.40. The maximum atomic E-state index is 13.6. The SMILES string of the molecule is CCCC(=O)Nc1ccc(N2CCC(Cc3ccccc3)CC2)c(C(=O)N2CCC(C)CC2)c1. The molecule has 0 saturated carbocycles. The molecule has 2 aliphatic rings. The number of likely N-dealkylation sites (tertiary alicyclic amines) is 1. The van der Waals surface area contributed by atoms with Gasteiger partial charge in [0.15, 0.2) is 0 Å². The molecule has 0 atom stereocenters. The van der Waals surface area contributed by atoms with Crippen LogP contribution in [-0.4, -0.2) is 42.9 Å². The van der Waals surface area contributed by atoms with Gasteiger partial charge in [-0.25, -0.2) is 0 Å². The second-order valence-electron chi connectivity index (χ2n) is 10.1. The van der Waals surface area contributed by atoms with Crippen LogP contribution in [0.1, 0.15) is 68.3 Å². The van der Waals surface area contributed by atoms with Gasteiger partial charge in [0.25, 0.3) is 5.91 Å². The van der Waals surface area contributed by atoms with Gasteiger partial charge in [0.1, 0.15) is 0 Å². The normalized spacial score (nSPS) is 17.6. The van der Waals surface area contributed by atoms with Crippen LogP contribution in [0.4, 0.5) is 11.4 Å². The molecule has 2 saturated heterocycles. The Morgan fingerprint density at radius 2 is 1.65 bits per heavy atom. The van der Waals surface area contributed by atoms with Crippen LogP contribution in [0.5, 0.6) is 0 Å². The lowest BCUT2D eigenvalue weighted by Gasteiger charge is -2.36. The number of hydrogen-bond donors (Lipinski definition) is 1. The van der Waals surface area contributed by atoms with E-state index in [1.165, 1.54) is 5.56 Å². The number of carbonyl (C=O) groups is 2. The van der Waals surface area contributed by atoms with Gasteiger partial charge in [-0.3, -0.25) is 9.59 Å². The molecule has 2 amide bonds. The summed E-state index contributed by atoms with van der Waals surface area (Å²) in [5, 5.41) is 2.98. The third-order valence-electron chi connectivity index (χ3n) is 7.38. The number of amides is 2. The van der Waals surface area contributed by atoms with Gasteiger partial charge in [0.2, 0.25) is 5.91 Å². The van der Waals surface area contributed by atoms with Gasteiger partial charge in [-0.05, 0) is 74.1 Å². The van der Waals surface area contributed by atoms with Gasteiger partial charge in [0, 0.05) is 44.0 Å². The highest BCUT2D eigenvalue weighted by molar-refractivity contribution is 6.02. The summed E-state index contributed by atoms with van der Waals surface area (Å²) in [6.45, 7) is 7.79. The van der Waals surface area contributed by atoms with Gasteiger partial charge >= 0.3 is 0 Å². The van der Waals surface area contributed by atoms with Crippen LogP contribution >= 0.6 is 0 Å². The molecule has 0 radical (unpaired) electrons. The third-order valence-corrected chi connectivity index (χ3v) is 7.38. The van der Waals surface area contributed by atoms with Crippen LogP contribution in [0.15, 0.2) is 48.5 Å². The average molecular weight is 462 g/mol. The highest BCUT2D eigenvalue weighted by Gasteiger charge is 2.27. The number of piperidine rings is 2. The number of nitrogens with zero attached hydrogens (tertiary/aromatic N) is 2. The molecule has 0 aliphatic carbocycles. The maximum absolute atomic E-state index is 13.6. The molecule has 0 aromatic heterocycles. The van der Waals surface area contributed by atoms with Crippen LogP contribution in [-0.2, 0) is 11.2 Å². The van der Waals surface area contributed by atoms with Gasteiger partial charge in [-0.2, -0.15) is 0 Å². The van der Waals surface area contributed by atoms with Gasteiger partial charge in [0.05, 0.1) is 5.56 Å². The fourth-order valence-corrected chi connectivity index (χ4v) is 5.22. The average Bonchev–Trinajstić information content (AvgIpc) is 2.85. The Morgan fingerprint density at radius 3 is 2.32 bits per heavy atom. The minimum Gasteiger partial charge on any atom is -0.371 e. The fourth-order valence-electron chi connectivity index (χ4n) is 5.22. The van der Waals surface area contributed by atoms with Crippen molar-refractivity contribution in [2.24, 2.45) is 11.8 Å². The van der Waals surface area contributed by atoms with Crippen molar-refractivity contribution in [3.8, 4) is 0 Å². The molecular weight excluding hydrogens is 422 g/mol. The predicted molar refractivity (Wildman–Crippen MR) is 139 cm³/mol.